The minimum Gasteiger partial charge on any atom is -0.480 e. The van der Waals surface area contributed by atoms with Gasteiger partial charge in [0, 0.05) is 23.5 Å². The summed E-state index contributed by atoms with van der Waals surface area (Å²) in [6.45, 7) is 2.54. The molecule has 138 valence electrons. The highest BCUT2D eigenvalue weighted by atomic mass is 79.9. The summed E-state index contributed by atoms with van der Waals surface area (Å²) < 4.78 is 6.61. The van der Waals surface area contributed by atoms with Crippen molar-refractivity contribution in [2.75, 3.05) is 6.54 Å². The number of hydrogen-bond acceptors (Lipinski definition) is 3. The third-order valence-corrected chi connectivity index (χ3v) is 6.26. The molecule has 3 rings (SSSR count). The van der Waals surface area contributed by atoms with E-state index in [0.717, 1.165) is 49.5 Å². The molecule has 2 fully saturated rings. The lowest BCUT2D eigenvalue weighted by Gasteiger charge is -2.38. The number of ether oxygens (including phenoxy) is 1. The maximum absolute atomic E-state index is 13.0. The third-order valence-electron chi connectivity index (χ3n) is 5.40. The molecule has 1 aromatic carbocycles. The van der Waals surface area contributed by atoms with Gasteiger partial charge >= 0.3 is 0 Å². The standard InChI is InChI=1S/C19H25BrClNO3/c1-12(25-18-9-8-13(21)11-15(18)20)19(24)22-10-4-6-16(22)14-5-2-3-7-17(14)23/h8-9,11-12,14,16-17,23H,2-7,10H2,1H3/t12-,14+,16+,17-/m0/s1. The second-order valence-electron chi connectivity index (χ2n) is 7.09. The first kappa shape index (κ1) is 19.0. The van der Waals surface area contributed by atoms with Crippen LogP contribution >= 0.6 is 27.5 Å². The van der Waals surface area contributed by atoms with Crippen molar-refractivity contribution >= 4 is 33.4 Å². The molecule has 0 spiro atoms. The van der Waals surface area contributed by atoms with Crippen LogP contribution in [0.15, 0.2) is 22.7 Å². The number of aliphatic hydroxyl groups is 1. The normalized spacial score (nSPS) is 28.0. The number of benzene rings is 1. The van der Waals surface area contributed by atoms with E-state index in [-0.39, 0.29) is 24.0 Å². The number of carbonyl (C=O) groups is 1. The summed E-state index contributed by atoms with van der Waals surface area (Å²) in [7, 11) is 0. The van der Waals surface area contributed by atoms with Crippen molar-refractivity contribution in [1.82, 2.24) is 4.90 Å². The molecule has 6 heteroatoms. The van der Waals surface area contributed by atoms with Crippen LogP contribution in [0.25, 0.3) is 0 Å². The first-order valence-corrected chi connectivity index (χ1v) is 10.2. The summed E-state index contributed by atoms with van der Waals surface area (Å²) in [5, 5.41) is 11.0. The van der Waals surface area contributed by atoms with Crippen LogP contribution in [-0.2, 0) is 4.79 Å². The predicted octanol–water partition coefficient (Wildman–Crippen LogP) is 4.41. The zero-order valence-corrected chi connectivity index (χ0v) is 16.8. The Morgan fingerprint density at radius 1 is 1.32 bits per heavy atom. The molecule has 4 atom stereocenters. The first-order valence-electron chi connectivity index (χ1n) is 9.07. The maximum Gasteiger partial charge on any atom is 0.263 e. The molecule has 1 N–H and O–H groups in total. The van der Waals surface area contributed by atoms with Crippen molar-refractivity contribution in [2.24, 2.45) is 5.92 Å². The number of aliphatic hydroxyl groups excluding tert-OH is 1. The second-order valence-corrected chi connectivity index (χ2v) is 8.38. The molecule has 4 nitrogen and oxygen atoms in total. The average molecular weight is 431 g/mol. The Morgan fingerprint density at radius 3 is 2.80 bits per heavy atom. The molecular formula is C19H25BrClNO3. The van der Waals surface area contributed by atoms with E-state index < -0.39 is 6.10 Å². The summed E-state index contributed by atoms with van der Waals surface area (Å²) in [6.07, 6.45) is 5.21. The Morgan fingerprint density at radius 2 is 2.08 bits per heavy atom. The average Bonchev–Trinajstić information content (AvgIpc) is 3.06. The lowest BCUT2D eigenvalue weighted by Crippen LogP contribution is -2.49. The molecule has 1 heterocycles. The molecule has 0 radical (unpaired) electrons. The van der Waals surface area contributed by atoms with E-state index in [1.807, 2.05) is 4.90 Å². The van der Waals surface area contributed by atoms with Crippen LogP contribution in [0.1, 0.15) is 45.4 Å². The van der Waals surface area contributed by atoms with E-state index in [1.165, 1.54) is 0 Å². The van der Waals surface area contributed by atoms with Gasteiger partial charge in [-0.25, -0.2) is 0 Å². The number of halogens is 2. The van der Waals surface area contributed by atoms with Gasteiger partial charge in [0.2, 0.25) is 0 Å². The van der Waals surface area contributed by atoms with Crippen molar-refractivity contribution in [2.45, 2.75) is 63.7 Å². The number of nitrogens with zero attached hydrogens (tertiary/aromatic N) is 1. The number of rotatable bonds is 4. The van der Waals surface area contributed by atoms with Crippen molar-refractivity contribution in [3.63, 3.8) is 0 Å². The van der Waals surface area contributed by atoms with Gasteiger partial charge in [-0.05, 0) is 66.7 Å². The molecule has 25 heavy (non-hydrogen) atoms. The molecule has 1 amide bonds. The molecule has 1 aliphatic heterocycles. The Hall–Kier alpha value is -0.780. The second kappa shape index (κ2) is 8.28. The van der Waals surface area contributed by atoms with Gasteiger partial charge in [-0.15, -0.1) is 0 Å². The highest BCUT2D eigenvalue weighted by molar-refractivity contribution is 9.10. The van der Waals surface area contributed by atoms with Crippen molar-refractivity contribution < 1.29 is 14.6 Å². The zero-order chi connectivity index (χ0) is 18.0. The Bertz CT molecular complexity index is 627. The van der Waals surface area contributed by atoms with Crippen molar-refractivity contribution in [3.8, 4) is 5.75 Å². The van der Waals surface area contributed by atoms with Gasteiger partial charge in [0.15, 0.2) is 6.10 Å². The number of likely N-dealkylation sites (tertiary alicyclic amines) is 1. The molecule has 1 aliphatic carbocycles. The number of amides is 1. The fourth-order valence-electron chi connectivity index (χ4n) is 4.15. The topological polar surface area (TPSA) is 49.8 Å². The highest BCUT2D eigenvalue weighted by Gasteiger charge is 2.40. The van der Waals surface area contributed by atoms with E-state index in [4.69, 9.17) is 16.3 Å². The summed E-state index contributed by atoms with van der Waals surface area (Å²) in [6, 6.07) is 5.41. The SMILES string of the molecule is C[C@H](Oc1ccc(Cl)cc1Br)C(=O)N1CCC[C@@H]1[C@H]1CCCC[C@@H]1O. The summed E-state index contributed by atoms with van der Waals surface area (Å²) in [5.41, 5.74) is 0. The van der Waals surface area contributed by atoms with Gasteiger partial charge in [0.05, 0.1) is 10.6 Å². The van der Waals surface area contributed by atoms with Crippen LogP contribution in [0.3, 0.4) is 0 Å². The molecule has 0 aromatic heterocycles. The molecule has 2 aliphatic rings. The van der Waals surface area contributed by atoms with E-state index in [1.54, 1.807) is 25.1 Å². The lowest BCUT2D eigenvalue weighted by molar-refractivity contribution is -0.141. The largest absolute Gasteiger partial charge is 0.480 e. The fraction of sp³-hybridized carbons (Fsp3) is 0.632. The smallest absolute Gasteiger partial charge is 0.263 e. The van der Waals surface area contributed by atoms with E-state index in [9.17, 15) is 9.90 Å². The van der Waals surface area contributed by atoms with Gasteiger partial charge < -0.3 is 14.7 Å². The lowest BCUT2D eigenvalue weighted by atomic mass is 9.80. The van der Waals surface area contributed by atoms with Gasteiger partial charge in [0.25, 0.3) is 5.91 Å². The van der Waals surface area contributed by atoms with Gasteiger partial charge in [0.1, 0.15) is 5.75 Å². The highest BCUT2D eigenvalue weighted by Crippen LogP contribution is 2.35. The molecular weight excluding hydrogens is 406 g/mol. The molecule has 0 bridgehead atoms. The number of carbonyl (C=O) groups excluding carboxylic acids is 1. The Kier molecular flexibility index (Phi) is 6.29. The Balaban J connectivity index is 1.68. The molecule has 1 saturated carbocycles. The fourth-order valence-corrected chi connectivity index (χ4v) is 4.92. The van der Waals surface area contributed by atoms with Crippen molar-refractivity contribution in [3.05, 3.63) is 27.7 Å². The minimum absolute atomic E-state index is 0.00197. The van der Waals surface area contributed by atoms with Crippen LogP contribution < -0.4 is 4.74 Å². The van der Waals surface area contributed by atoms with E-state index >= 15 is 0 Å². The molecule has 1 aromatic rings. The van der Waals surface area contributed by atoms with Crippen LogP contribution in [0, 0.1) is 5.92 Å². The summed E-state index contributed by atoms with van der Waals surface area (Å²) >= 11 is 9.38. The van der Waals surface area contributed by atoms with Gasteiger partial charge in [-0.2, -0.15) is 0 Å². The summed E-state index contributed by atoms with van der Waals surface area (Å²) in [4.78, 5) is 14.9. The van der Waals surface area contributed by atoms with Crippen LogP contribution in [-0.4, -0.2) is 40.7 Å². The van der Waals surface area contributed by atoms with Crippen LogP contribution in [0.2, 0.25) is 5.02 Å². The number of hydrogen-bond donors (Lipinski definition) is 1. The molecule has 0 unspecified atom stereocenters. The quantitative estimate of drug-likeness (QED) is 0.769. The molecule has 1 saturated heterocycles. The predicted molar refractivity (Wildman–Crippen MR) is 102 cm³/mol. The van der Waals surface area contributed by atoms with Gasteiger partial charge in [-0.3, -0.25) is 4.79 Å². The van der Waals surface area contributed by atoms with E-state index in [2.05, 4.69) is 15.9 Å². The van der Waals surface area contributed by atoms with Crippen molar-refractivity contribution in [1.29, 1.82) is 0 Å². The van der Waals surface area contributed by atoms with Crippen LogP contribution in [0.4, 0.5) is 0 Å². The first-order chi connectivity index (χ1) is 12.0. The zero-order valence-electron chi connectivity index (χ0n) is 14.5. The minimum atomic E-state index is -0.571. The van der Waals surface area contributed by atoms with Gasteiger partial charge in [-0.1, -0.05) is 24.4 Å². The third kappa shape index (κ3) is 4.32. The van der Waals surface area contributed by atoms with E-state index in [0.29, 0.717) is 10.8 Å². The monoisotopic (exact) mass is 429 g/mol. The maximum atomic E-state index is 13.0. The summed E-state index contributed by atoms with van der Waals surface area (Å²) in [5.74, 6) is 0.815. The Labute approximate surface area is 162 Å². The van der Waals surface area contributed by atoms with Crippen LogP contribution in [0.5, 0.6) is 5.75 Å².